The van der Waals surface area contributed by atoms with E-state index in [9.17, 15) is 9.59 Å². The van der Waals surface area contributed by atoms with Crippen LogP contribution < -0.4 is 10.2 Å². The third kappa shape index (κ3) is 3.85. The molecule has 1 unspecified atom stereocenters. The number of likely N-dealkylation sites (tertiary alicyclic amines) is 1. The van der Waals surface area contributed by atoms with Crippen LogP contribution in [0.1, 0.15) is 36.8 Å². The van der Waals surface area contributed by atoms with Gasteiger partial charge in [0.05, 0.1) is 0 Å². The fourth-order valence-electron chi connectivity index (χ4n) is 4.92. The van der Waals surface area contributed by atoms with E-state index in [1.54, 1.807) is 4.90 Å². The number of nitrogens with one attached hydrogen (secondary N) is 1. The predicted octanol–water partition coefficient (Wildman–Crippen LogP) is 2.68. The molecule has 3 aliphatic heterocycles. The summed E-state index contributed by atoms with van der Waals surface area (Å²) in [5.41, 5.74) is 3.61. The number of piperidine rings is 1. The van der Waals surface area contributed by atoms with Crippen molar-refractivity contribution >= 4 is 29.9 Å². The summed E-state index contributed by atoms with van der Waals surface area (Å²) in [6.07, 6.45) is 3.98. The van der Waals surface area contributed by atoms with Gasteiger partial charge in [-0.15, -0.1) is 12.4 Å². The van der Waals surface area contributed by atoms with E-state index in [1.165, 1.54) is 6.42 Å². The average Bonchev–Trinajstić information content (AvgIpc) is 3.21. The molecule has 0 radical (unpaired) electrons. The minimum atomic E-state index is -0.494. The van der Waals surface area contributed by atoms with Crippen molar-refractivity contribution in [1.82, 2.24) is 10.2 Å². The highest BCUT2D eigenvalue weighted by molar-refractivity contribution is 6.09. The molecule has 1 N–H and O–H groups in total. The van der Waals surface area contributed by atoms with Crippen LogP contribution in [0.3, 0.4) is 0 Å². The van der Waals surface area contributed by atoms with Gasteiger partial charge in [0, 0.05) is 31.9 Å². The van der Waals surface area contributed by atoms with Crippen LogP contribution in [0.15, 0.2) is 18.2 Å². The lowest BCUT2D eigenvalue weighted by molar-refractivity contribution is -0.141. The third-order valence-electron chi connectivity index (χ3n) is 6.49. The second-order valence-electron chi connectivity index (χ2n) is 8.43. The summed E-state index contributed by atoms with van der Waals surface area (Å²) in [5.74, 6) is -0.475. The number of hydrogen-bond acceptors (Lipinski definition) is 3. The molecule has 6 heteroatoms. The molecule has 2 amide bonds. The van der Waals surface area contributed by atoms with Crippen LogP contribution in [0.4, 0.5) is 5.69 Å². The van der Waals surface area contributed by atoms with Gasteiger partial charge in [0.1, 0.15) is 5.92 Å². The maximum atomic E-state index is 13.0. The lowest BCUT2D eigenvalue weighted by atomic mass is 9.77. The fourth-order valence-corrected chi connectivity index (χ4v) is 4.92. The molecule has 0 saturated carbocycles. The molecule has 1 aromatic carbocycles. The first-order valence-electron chi connectivity index (χ1n) is 9.87. The number of carbonyl (C=O) groups is 2. The van der Waals surface area contributed by atoms with Gasteiger partial charge in [0.15, 0.2) is 0 Å². The highest BCUT2D eigenvalue weighted by Gasteiger charge is 2.43. The first-order chi connectivity index (χ1) is 12.5. The van der Waals surface area contributed by atoms with Crippen molar-refractivity contribution in [2.24, 2.45) is 11.3 Å². The molecule has 0 aromatic heterocycles. The molecule has 0 bridgehead atoms. The standard InChI is InChI=1S/C21H29N3O2.ClH/c1-15-11-16(2)13-17(12-15)24-8-3-18(20(24)26)19(25)23-9-5-21(6-10-23)4-7-22-14-21;/h11-13,18,22H,3-10,14H2,1-2H3;1H. The summed E-state index contributed by atoms with van der Waals surface area (Å²) in [4.78, 5) is 29.7. The van der Waals surface area contributed by atoms with E-state index < -0.39 is 5.92 Å². The second-order valence-corrected chi connectivity index (χ2v) is 8.43. The van der Waals surface area contributed by atoms with Crippen LogP contribution in [-0.2, 0) is 9.59 Å². The van der Waals surface area contributed by atoms with Crippen molar-refractivity contribution in [3.05, 3.63) is 29.3 Å². The Hall–Kier alpha value is -1.59. The zero-order valence-corrected chi connectivity index (χ0v) is 17.1. The van der Waals surface area contributed by atoms with E-state index in [0.717, 1.165) is 55.8 Å². The minimum absolute atomic E-state index is 0. The molecule has 3 saturated heterocycles. The zero-order chi connectivity index (χ0) is 18.3. The lowest BCUT2D eigenvalue weighted by Crippen LogP contribution is -2.47. The Labute approximate surface area is 167 Å². The third-order valence-corrected chi connectivity index (χ3v) is 6.49. The van der Waals surface area contributed by atoms with Crippen LogP contribution in [-0.4, -0.2) is 49.4 Å². The second kappa shape index (κ2) is 7.80. The van der Waals surface area contributed by atoms with Crippen molar-refractivity contribution in [3.8, 4) is 0 Å². The molecule has 1 spiro atoms. The van der Waals surface area contributed by atoms with Gasteiger partial charge in [-0.3, -0.25) is 9.59 Å². The smallest absolute Gasteiger partial charge is 0.239 e. The van der Waals surface area contributed by atoms with E-state index in [1.807, 2.05) is 30.9 Å². The average molecular weight is 392 g/mol. The summed E-state index contributed by atoms with van der Waals surface area (Å²) in [5, 5.41) is 3.46. The fraction of sp³-hybridized carbons (Fsp3) is 0.619. The Kier molecular flexibility index (Phi) is 5.82. The number of benzene rings is 1. The number of amides is 2. The molecule has 1 aromatic rings. The first-order valence-corrected chi connectivity index (χ1v) is 9.87. The topological polar surface area (TPSA) is 52.7 Å². The molecule has 5 nitrogen and oxygen atoms in total. The molecule has 27 heavy (non-hydrogen) atoms. The molecule has 148 valence electrons. The maximum Gasteiger partial charge on any atom is 0.239 e. The van der Waals surface area contributed by atoms with Gasteiger partial charge in [-0.05, 0) is 74.8 Å². The highest BCUT2D eigenvalue weighted by atomic mass is 35.5. The lowest BCUT2D eigenvalue weighted by Gasteiger charge is -2.39. The predicted molar refractivity (Wildman–Crippen MR) is 109 cm³/mol. The largest absolute Gasteiger partial charge is 0.342 e. The van der Waals surface area contributed by atoms with Gasteiger partial charge >= 0.3 is 0 Å². The van der Waals surface area contributed by atoms with Gasteiger partial charge in [-0.1, -0.05) is 6.07 Å². The number of rotatable bonds is 2. The summed E-state index contributed by atoms with van der Waals surface area (Å²) < 4.78 is 0. The number of halogens is 1. The Bertz CT molecular complexity index is 700. The summed E-state index contributed by atoms with van der Waals surface area (Å²) in [6, 6.07) is 6.18. The maximum absolute atomic E-state index is 13.0. The van der Waals surface area contributed by atoms with E-state index >= 15 is 0 Å². The number of anilines is 1. The SMILES string of the molecule is Cc1cc(C)cc(N2CCC(C(=O)N3CCC4(CCNC4)CC3)C2=O)c1.Cl. The molecule has 4 rings (SSSR count). The Morgan fingerprint density at radius 1 is 1.07 bits per heavy atom. The van der Waals surface area contributed by atoms with Crippen LogP contribution in [0.25, 0.3) is 0 Å². The van der Waals surface area contributed by atoms with Crippen LogP contribution in [0.5, 0.6) is 0 Å². The van der Waals surface area contributed by atoms with Gasteiger partial charge in [-0.2, -0.15) is 0 Å². The number of hydrogen-bond donors (Lipinski definition) is 1. The molecule has 3 aliphatic rings. The molecule has 1 atom stereocenters. The molecule has 0 aliphatic carbocycles. The van der Waals surface area contributed by atoms with E-state index in [0.29, 0.717) is 18.4 Å². The number of carbonyl (C=O) groups excluding carboxylic acids is 2. The Morgan fingerprint density at radius 3 is 2.33 bits per heavy atom. The Balaban J connectivity index is 0.00000210. The number of aryl methyl sites for hydroxylation is 2. The highest BCUT2D eigenvalue weighted by Crippen LogP contribution is 2.38. The van der Waals surface area contributed by atoms with Gasteiger partial charge in [0.25, 0.3) is 0 Å². The zero-order valence-electron chi connectivity index (χ0n) is 16.3. The van der Waals surface area contributed by atoms with Crippen molar-refractivity contribution in [3.63, 3.8) is 0 Å². The summed E-state index contributed by atoms with van der Waals surface area (Å²) in [6.45, 7) is 8.50. The van der Waals surface area contributed by atoms with Crippen molar-refractivity contribution < 1.29 is 9.59 Å². The summed E-state index contributed by atoms with van der Waals surface area (Å²) in [7, 11) is 0. The molecule has 3 heterocycles. The summed E-state index contributed by atoms with van der Waals surface area (Å²) >= 11 is 0. The quantitative estimate of drug-likeness (QED) is 0.788. The molecular formula is C21H30ClN3O2. The Morgan fingerprint density at radius 2 is 1.74 bits per heavy atom. The van der Waals surface area contributed by atoms with E-state index in [2.05, 4.69) is 11.4 Å². The molecular weight excluding hydrogens is 362 g/mol. The van der Waals surface area contributed by atoms with E-state index in [-0.39, 0.29) is 24.2 Å². The number of nitrogens with zero attached hydrogens (tertiary/aromatic N) is 2. The monoisotopic (exact) mass is 391 g/mol. The van der Waals surface area contributed by atoms with Crippen LogP contribution in [0, 0.1) is 25.2 Å². The van der Waals surface area contributed by atoms with Gasteiger partial charge in [0.2, 0.25) is 11.8 Å². The van der Waals surface area contributed by atoms with Crippen LogP contribution in [0.2, 0.25) is 0 Å². The first kappa shape index (κ1) is 20.2. The van der Waals surface area contributed by atoms with Crippen molar-refractivity contribution in [2.45, 2.75) is 39.5 Å². The van der Waals surface area contributed by atoms with E-state index in [4.69, 9.17) is 0 Å². The van der Waals surface area contributed by atoms with Gasteiger partial charge in [-0.25, -0.2) is 0 Å². The normalized spacial score (nSPS) is 24.4. The van der Waals surface area contributed by atoms with Crippen molar-refractivity contribution in [1.29, 1.82) is 0 Å². The molecule has 3 fully saturated rings. The van der Waals surface area contributed by atoms with Gasteiger partial charge < -0.3 is 15.1 Å². The van der Waals surface area contributed by atoms with Crippen molar-refractivity contribution in [2.75, 3.05) is 37.6 Å². The minimum Gasteiger partial charge on any atom is -0.342 e. The van der Waals surface area contributed by atoms with Crippen LogP contribution >= 0.6 is 12.4 Å².